The van der Waals surface area contributed by atoms with Crippen molar-refractivity contribution in [1.82, 2.24) is 9.97 Å². The van der Waals surface area contributed by atoms with Gasteiger partial charge in [0.25, 0.3) is 5.91 Å². The summed E-state index contributed by atoms with van der Waals surface area (Å²) in [5, 5.41) is 6.12. The molecule has 0 saturated carbocycles. The molecule has 0 saturated heterocycles. The Bertz CT molecular complexity index is 1020. The number of anilines is 3. The maximum Gasteiger partial charge on any atom is 0.274 e. The van der Waals surface area contributed by atoms with Crippen LogP contribution in [0.25, 0.3) is 0 Å². The second-order valence-electron chi connectivity index (χ2n) is 5.83. The van der Waals surface area contributed by atoms with Crippen LogP contribution in [0.1, 0.15) is 27.8 Å². The SMILES string of the molecule is COc1ccc(NC(=O)c2ccnc(Nc3ccc(C(C)=O)cc3)n2)cc1Cl. The van der Waals surface area contributed by atoms with E-state index in [1.807, 2.05) is 0 Å². The molecule has 0 unspecified atom stereocenters. The maximum atomic E-state index is 12.5. The van der Waals surface area contributed by atoms with Gasteiger partial charge in [-0.2, -0.15) is 0 Å². The van der Waals surface area contributed by atoms with Crippen LogP contribution in [-0.4, -0.2) is 28.8 Å². The summed E-state index contributed by atoms with van der Waals surface area (Å²) < 4.78 is 5.09. The zero-order valence-electron chi connectivity index (χ0n) is 15.2. The molecule has 0 aliphatic carbocycles. The molecule has 2 N–H and O–H groups in total. The fraction of sp³-hybridized carbons (Fsp3) is 0.100. The molecule has 28 heavy (non-hydrogen) atoms. The molecule has 1 aromatic heterocycles. The molecule has 8 heteroatoms. The molecule has 0 fully saturated rings. The predicted octanol–water partition coefficient (Wildman–Crippen LogP) is 4.34. The lowest BCUT2D eigenvalue weighted by atomic mass is 10.1. The second-order valence-corrected chi connectivity index (χ2v) is 6.23. The number of benzene rings is 2. The number of ketones is 1. The molecule has 3 aromatic rings. The van der Waals surface area contributed by atoms with Crippen LogP contribution < -0.4 is 15.4 Å². The van der Waals surface area contributed by atoms with Crippen molar-refractivity contribution in [3.8, 4) is 5.75 Å². The van der Waals surface area contributed by atoms with E-state index in [1.165, 1.54) is 26.3 Å². The lowest BCUT2D eigenvalue weighted by Crippen LogP contribution is -2.14. The first kappa shape index (κ1) is 19.3. The minimum absolute atomic E-state index is 0.0138. The Kier molecular flexibility index (Phi) is 5.86. The van der Waals surface area contributed by atoms with E-state index in [2.05, 4.69) is 20.6 Å². The van der Waals surface area contributed by atoms with Crippen LogP contribution in [-0.2, 0) is 0 Å². The predicted molar refractivity (Wildman–Crippen MR) is 108 cm³/mol. The average Bonchev–Trinajstić information content (AvgIpc) is 2.69. The highest BCUT2D eigenvalue weighted by Crippen LogP contribution is 2.27. The first-order chi connectivity index (χ1) is 13.5. The number of hydrogen-bond acceptors (Lipinski definition) is 6. The lowest BCUT2D eigenvalue weighted by molar-refractivity contribution is 0.101. The van der Waals surface area contributed by atoms with Crippen LogP contribution in [0.4, 0.5) is 17.3 Å². The van der Waals surface area contributed by atoms with Gasteiger partial charge in [0.05, 0.1) is 12.1 Å². The molecule has 0 radical (unpaired) electrons. The Morgan fingerprint density at radius 2 is 1.75 bits per heavy atom. The summed E-state index contributed by atoms with van der Waals surface area (Å²) >= 11 is 6.07. The van der Waals surface area contributed by atoms with Crippen molar-refractivity contribution in [2.24, 2.45) is 0 Å². The molecule has 0 spiro atoms. The zero-order valence-corrected chi connectivity index (χ0v) is 15.9. The van der Waals surface area contributed by atoms with E-state index in [1.54, 1.807) is 42.5 Å². The van der Waals surface area contributed by atoms with Gasteiger partial charge in [-0.25, -0.2) is 9.97 Å². The number of carbonyl (C=O) groups excluding carboxylic acids is 2. The molecule has 3 rings (SSSR count). The van der Waals surface area contributed by atoms with Crippen molar-refractivity contribution >= 4 is 40.6 Å². The molecular formula is C20H17ClN4O3. The number of Topliss-reactive ketones (excluding diaryl/α,β-unsaturated/α-hetero) is 1. The summed E-state index contributed by atoms with van der Waals surface area (Å²) in [5.41, 5.74) is 2.01. The largest absolute Gasteiger partial charge is 0.495 e. The highest BCUT2D eigenvalue weighted by molar-refractivity contribution is 6.32. The van der Waals surface area contributed by atoms with Gasteiger partial charge in [-0.15, -0.1) is 0 Å². The van der Waals surface area contributed by atoms with Gasteiger partial charge < -0.3 is 15.4 Å². The Balaban J connectivity index is 1.72. The fourth-order valence-electron chi connectivity index (χ4n) is 2.40. The summed E-state index contributed by atoms with van der Waals surface area (Å²) in [7, 11) is 1.52. The third kappa shape index (κ3) is 4.63. The normalized spacial score (nSPS) is 10.2. The van der Waals surface area contributed by atoms with Gasteiger partial charge in [-0.05, 0) is 55.5 Å². The van der Waals surface area contributed by atoms with Gasteiger partial charge >= 0.3 is 0 Å². The maximum absolute atomic E-state index is 12.5. The smallest absolute Gasteiger partial charge is 0.274 e. The summed E-state index contributed by atoms with van der Waals surface area (Å²) in [6.45, 7) is 1.50. The number of rotatable bonds is 6. The van der Waals surface area contributed by atoms with Gasteiger partial charge in [0.1, 0.15) is 11.4 Å². The number of halogens is 1. The van der Waals surface area contributed by atoms with Crippen LogP contribution in [0, 0.1) is 0 Å². The first-order valence-electron chi connectivity index (χ1n) is 8.32. The van der Waals surface area contributed by atoms with Gasteiger partial charge in [-0.1, -0.05) is 11.6 Å². The third-order valence-corrected chi connectivity index (χ3v) is 4.14. The molecular weight excluding hydrogens is 380 g/mol. The molecule has 0 aliphatic heterocycles. The van der Waals surface area contributed by atoms with E-state index in [4.69, 9.17) is 16.3 Å². The standard InChI is InChI=1S/C20H17ClN4O3/c1-12(26)13-3-5-14(6-4-13)24-20-22-10-9-17(25-20)19(27)23-15-7-8-18(28-2)16(21)11-15/h3-11H,1-2H3,(H,23,27)(H,22,24,25). The van der Waals surface area contributed by atoms with Crippen LogP contribution in [0.2, 0.25) is 5.02 Å². The van der Waals surface area contributed by atoms with Crippen molar-refractivity contribution in [3.63, 3.8) is 0 Å². The average molecular weight is 397 g/mol. The van der Waals surface area contributed by atoms with Crippen molar-refractivity contribution < 1.29 is 14.3 Å². The molecule has 0 atom stereocenters. The fourth-order valence-corrected chi connectivity index (χ4v) is 2.66. The molecule has 0 aliphatic rings. The first-order valence-corrected chi connectivity index (χ1v) is 8.70. The van der Waals surface area contributed by atoms with E-state index >= 15 is 0 Å². The molecule has 1 amide bonds. The number of nitrogens with one attached hydrogen (secondary N) is 2. The number of nitrogens with zero attached hydrogens (tertiary/aromatic N) is 2. The Morgan fingerprint density at radius 3 is 2.39 bits per heavy atom. The number of hydrogen-bond donors (Lipinski definition) is 2. The molecule has 7 nitrogen and oxygen atoms in total. The summed E-state index contributed by atoms with van der Waals surface area (Å²) in [6.07, 6.45) is 1.48. The number of ether oxygens (including phenoxy) is 1. The summed E-state index contributed by atoms with van der Waals surface area (Å²) in [4.78, 5) is 32.1. The van der Waals surface area contributed by atoms with Crippen molar-refractivity contribution in [2.45, 2.75) is 6.92 Å². The Morgan fingerprint density at radius 1 is 1.04 bits per heavy atom. The second kappa shape index (κ2) is 8.49. The number of carbonyl (C=O) groups is 2. The van der Waals surface area contributed by atoms with Crippen molar-refractivity contribution in [1.29, 1.82) is 0 Å². The minimum atomic E-state index is -0.404. The van der Waals surface area contributed by atoms with Gasteiger partial charge in [0.2, 0.25) is 5.95 Å². The molecule has 1 heterocycles. The van der Waals surface area contributed by atoms with E-state index in [9.17, 15) is 9.59 Å². The summed E-state index contributed by atoms with van der Waals surface area (Å²) in [6, 6.07) is 13.3. The Labute approximate surface area is 166 Å². The van der Waals surface area contributed by atoms with Crippen LogP contribution in [0.15, 0.2) is 54.7 Å². The highest BCUT2D eigenvalue weighted by atomic mass is 35.5. The number of methoxy groups -OCH3 is 1. The van der Waals surface area contributed by atoms with Gasteiger partial charge in [-0.3, -0.25) is 9.59 Å². The van der Waals surface area contributed by atoms with Crippen molar-refractivity contribution in [2.75, 3.05) is 17.7 Å². The monoisotopic (exact) mass is 396 g/mol. The van der Waals surface area contributed by atoms with E-state index in [0.29, 0.717) is 27.7 Å². The summed E-state index contributed by atoms with van der Waals surface area (Å²) in [5.74, 6) is 0.360. The van der Waals surface area contributed by atoms with Crippen LogP contribution in [0.5, 0.6) is 5.75 Å². The van der Waals surface area contributed by atoms with E-state index in [0.717, 1.165) is 0 Å². The lowest BCUT2D eigenvalue weighted by Gasteiger charge is -2.09. The van der Waals surface area contributed by atoms with Gasteiger partial charge in [0.15, 0.2) is 5.78 Å². The van der Waals surface area contributed by atoms with E-state index < -0.39 is 5.91 Å². The molecule has 2 aromatic carbocycles. The quantitative estimate of drug-likeness (QED) is 0.602. The molecule has 0 bridgehead atoms. The molecule has 142 valence electrons. The number of aromatic nitrogens is 2. The van der Waals surface area contributed by atoms with Gasteiger partial charge in [0, 0.05) is 23.1 Å². The highest BCUT2D eigenvalue weighted by Gasteiger charge is 2.11. The van der Waals surface area contributed by atoms with E-state index in [-0.39, 0.29) is 17.4 Å². The van der Waals surface area contributed by atoms with Crippen LogP contribution >= 0.6 is 11.6 Å². The Hall–Kier alpha value is -3.45. The zero-order chi connectivity index (χ0) is 20.1. The number of amides is 1. The van der Waals surface area contributed by atoms with Crippen molar-refractivity contribution in [3.05, 3.63) is 71.0 Å². The topological polar surface area (TPSA) is 93.2 Å². The van der Waals surface area contributed by atoms with Crippen LogP contribution in [0.3, 0.4) is 0 Å². The minimum Gasteiger partial charge on any atom is -0.495 e. The third-order valence-electron chi connectivity index (χ3n) is 3.85.